The smallest absolute Gasteiger partial charge is 0.172 e. The molecule has 0 spiro atoms. The summed E-state index contributed by atoms with van der Waals surface area (Å²) < 4.78 is 1.41. The molecule has 0 bridgehead atoms. The average Bonchev–Trinajstić information content (AvgIpc) is 3.97. The summed E-state index contributed by atoms with van der Waals surface area (Å²) in [7, 11) is 0. The van der Waals surface area contributed by atoms with Crippen molar-refractivity contribution in [2.45, 2.75) is 58.8 Å². The molecule has 3 heteroatoms. The number of rotatable bonds is 4. The number of fused-ring (bicyclic) bond motifs is 5. The van der Waals surface area contributed by atoms with Crippen LogP contribution in [0.15, 0.2) is 194 Å². The van der Waals surface area contributed by atoms with Crippen LogP contribution in [0.2, 0.25) is 0 Å². The van der Waals surface area contributed by atoms with E-state index in [1.165, 1.54) is 116 Å². The van der Waals surface area contributed by atoms with Crippen molar-refractivity contribution in [2.24, 2.45) is 0 Å². The van der Waals surface area contributed by atoms with Crippen LogP contribution in [-0.2, 0) is 41.5 Å². The summed E-state index contributed by atoms with van der Waals surface area (Å²) in [4.78, 5) is 0. The van der Waals surface area contributed by atoms with Gasteiger partial charge in [0, 0.05) is 0 Å². The third kappa shape index (κ3) is 10.4. The van der Waals surface area contributed by atoms with Crippen molar-refractivity contribution in [1.82, 2.24) is 0 Å². The monoisotopic (exact) mass is 920 g/mol. The molecule has 1 aliphatic carbocycles. The van der Waals surface area contributed by atoms with Gasteiger partial charge in [-0.3, -0.25) is 0 Å². The predicted octanol–water partition coefficient (Wildman–Crippen LogP) is 9.51. The van der Waals surface area contributed by atoms with E-state index in [1.807, 2.05) is 30.3 Å². The molecule has 0 heterocycles. The molecule has 0 saturated heterocycles. The van der Waals surface area contributed by atoms with Gasteiger partial charge in [-0.1, -0.05) is 131 Å². The molecule has 10 rings (SSSR count). The molecule has 0 unspecified atom stereocenters. The Balaban J connectivity index is 0.000000190. The number of hydrogen-bond donors (Lipinski definition) is 0. The fourth-order valence-electron chi connectivity index (χ4n) is 8.28. The van der Waals surface area contributed by atoms with E-state index in [0.29, 0.717) is 0 Å². The quantitative estimate of drug-likeness (QED) is 0.155. The molecule has 0 N–H and O–H groups in total. The van der Waals surface area contributed by atoms with Gasteiger partial charge in [-0.05, 0) is 39.5 Å². The first-order valence-corrected chi connectivity index (χ1v) is 22.3. The van der Waals surface area contributed by atoms with Crippen molar-refractivity contribution in [3.8, 4) is 33.4 Å². The van der Waals surface area contributed by atoms with E-state index in [-0.39, 0.29) is 35.6 Å². The van der Waals surface area contributed by atoms with Crippen molar-refractivity contribution in [3.63, 3.8) is 0 Å². The van der Waals surface area contributed by atoms with Crippen LogP contribution in [0.5, 0.6) is 0 Å². The molecular weight excluding hydrogens is 871 g/mol. The molecule has 9 aromatic carbocycles. The standard InChI is InChI=1S/C33H33.C21H14.C5H5.2ClH.Zr/c1-32(2,3)30-20-26-24(18-28(30)22-13-9-7-10-14-22)17-25-19-29(23-15-11-8-12-16-23)31(21-27(25)26)33(4,5)6;1-3-7-20-14-16(9-11-18(20)5-1)13-17-10-12-19-6-2-4-8-21(19)15-17;1-2-4-5-3-1;;;/h7-16,18,20-21H,17H2,1-6H3;1-12,14-15H;1-5H;2*1H;/q-1;;-1;;;+2/p-2. The van der Waals surface area contributed by atoms with Gasteiger partial charge in [-0.25, -0.2) is 12.1 Å². The van der Waals surface area contributed by atoms with Crippen LogP contribution in [0, 0.1) is 6.07 Å². The summed E-state index contributed by atoms with van der Waals surface area (Å²) in [6.45, 7) is 13.9. The Morgan fingerprint density at radius 2 is 0.935 bits per heavy atom. The van der Waals surface area contributed by atoms with Gasteiger partial charge in [0.05, 0.1) is 0 Å². The molecule has 0 saturated carbocycles. The second-order valence-corrected chi connectivity index (χ2v) is 19.1. The van der Waals surface area contributed by atoms with E-state index in [0.717, 1.165) is 6.42 Å². The summed E-state index contributed by atoms with van der Waals surface area (Å²) in [6.07, 6.45) is 0.944. The van der Waals surface area contributed by atoms with E-state index >= 15 is 0 Å². The van der Waals surface area contributed by atoms with Crippen LogP contribution in [0.25, 0.3) is 54.9 Å². The zero-order valence-electron chi connectivity index (χ0n) is 36.4. The fourth-order valence-corrected chi connectivity index (χ4v) is 9.04. The van der Waals surface area contributed by atoms with Crippen LogP contribution in [0.4, 0.5) is 0 Å². The third-order valence-electron chi connectivity index (χ3n) is 11.5. The molecule has 62 heavy (non-hydrogen) atoms. The predicted molar refractivity (Wildman–Crippen MR) is 255 cm³/mol. The SMILES string of the molecule is CC(C)(C)c1cc2c([c-]c1-c1ccccc1)Cc1cc(-c3ccccc3)c(C(C)(C)C)cc1-2.[Cl-].[Cl-].[Zr+2]=[C](c1ccc2ccccc2c1)c1ccc2ccccc2c1.c1cc[cH-]c1. The summed E-state index contributed by atoms with van der Waals surface area (Å²) in [5.74, 6) is 0. The molecule has 0 radical (unpaired) electrons. The maximum absolute atomic E-state index is 3.88. The largest absolute Gasteiger partial charge is 0.214 e. The van der Waals surface area contributed by atoms with E-state index < -0.39 is 0 Å². The van der Waals surface area contributed by atoms with Crippen LogP contribution in [-0.4, -0.2) is 3.21 Å². The van der Waals surface area contributed by atoms with Gasteiger partial charge in [0.15, 0.2) is 0 Å². The molecule has 0 atom stereocenters. The minimum atomic E-state index is 0. The van der Waals surface area contributed by atoms with E-state index in [1.54, 1.807) is 0 Å². The maximum atomic E-state index is 3.88. The zero-order valence-corrected chi connectivity index (χ0v) is 40.4. The number of benzene rings is 8. The van der Waals surface area contributed by atoms with Crippen LogP contribution >= 0.6 is 0 Å². The fraction of sp³-hybridized carbons (Fsp3) is 0.153. The second-order valence-electron chi connectivity index (χ2n) is 17.9. The van der Waals surface area contributed by atoms with Crippen LogP contribution < -0.4 is 24.8 Å². The summed E-state index contributed by atoms with van der Waals surface area (Å²) >= 11 is 1.44. The van der Waals surface area contributed by atoms with E-state index in [9.17, 15) is 0 Å². The first-order chi connectivity index (χ1) is 28.9. The Morgan fingerprint density at radius 3 is 1.42 bits per heavy atom. The van der Waals surface area contributed by atoms with Gasteiger partial charge in [0.1, 0.15) is 0 Å². The Bertz CT molecular complexity index is 2710. The molecule has 0 fully saturated rings. The van der Waals surface area contributed by atoms with Crippen LogP contribution in [0.1, 0.15) is 74.9 Å². The normalized spacial score (nSPS) is 11.5. The average molecular weight is 923 g/mol. The Kier molecular flexibility index (Phi) is 15.0. The van der Waals surface area contributed by atoms with Crippen molar-refractivity contribution < 1.29 is 49.0 Å². The summed E-state index contributed by atoms with van der Waals surface area (Å²) in [5.41, 5.74) is 16.2. The number of hydrogen-bond acceptors (Lipinski definition) is 0. The van der Waals surface area contributed by atoms with Gasteiger partial charge in [-0.15, -0.1) is 28.8 Å². The van der Waals surface area contributed by atoms with E-state index in [2.05, 4.69) is 211 Å². The summed E-state index contributed by atoms with van der Waals surface area (Å²) in [6, 6.07) is 73.4. The third-order valence-corrected chi connectivity index (χ3v) is 12.9. The first kappa shape index (κ1) is 46.5. The molecule has 9 aromatic rings. The molecule has 0 nitrogen and oxygen atoms in total. The second kappa shape index (κ2) is 20.0. The zero-order chi connectivity index (χ0) is 41.9. The van der Waals surface area contributed by atoms with Crippen LogP contribution in [0.3, 0.4) is 0 Å². The maximum Gasteiger partial charge on any atom is -0.172 e. The van der Waals surface area contributed by atoms with Crippen molar-refractivity contribution >= 4 is 24.8 Å². The van der Waals surface area contributed by atoms with Gasteiger partial charge >= 0.3 is 145 Å². The molecular formula is C59H52Cl2Zr-2. The topological polar surface area (TPSA) is 0 Å². The molecule has 0 amide bonds. The Morgan fingerprint density at radius 1 is 0.468 bits per heavy atom. The summed E-state index contributed by atoms with van der Waals surface area (Å²) in [5, 5.41) is 5.21. The van der Waals surface area contributed by atoms with E-state index in [4.69, 9.17) is 0 Å². The molecule has 1 aliphatic rings. The molecule has 0 aliphatic heterocycles. The van der Waals surface area contributed by atoms with Crippen molar-refractivity contribution in [3.05, 3.63) is 234 Å². The molecule has 0 aromatic heterocycles. The van der Waals surface area contributed by atoms with Gasteiger partial charge in [-0.2, -0.15) is 18.2 Å². The van der Waals surface area contributed by atoms with Gasteiger partial charge in [0.25, 0.3) is 0 Å². The minimum absolute atomic E-state index is 0. The first-order valence-electron chi connectivity index (χ1n) is 21.1. The van der Waals surface area contributed by atoms with Crippen molar-refractivity contribution in [2.75, 3.05) is 0 Å². The number of halogens is 2. The minimum Gasteiger partial charge on any atom is -0.214 e. The van der Waals surface area contributed by atoms with Gasteiger partial charge in [0.2, 0.25) is 0 Å². The molecule has 308 valence electrons. The Labute approximate surface area is 396 Å². The van der Waals surface area contributed by atoms with Crippen molar-refractivity contribution in [1.29, 1.82) is 0 Å². The van der Waals surface area contributed by atoms with Gasteiger partial charge < -0.3 is 24.8 Å². The Hall–Kier alpha value is -5.04.